The van der Waals surface area contributed by atoms with Crippen LogP contribution >= 0.6 is 0 Å². The van der Waals surface area contributed by atoms with E-state index in [0.29, 0.717) is 12.0 Å². The summed E-state index contributed by atoms with van der Waals surface area (Å²) in [5.74, 6) is 2.50. The summed E-state index contributed by atoms with van der Waals surface area (Å²) in [5.41, 5.74) is 3.05. The van der Waals surface area contributed by atoms with Crippen LogP contribution in [0.3, 0.4) is 0 Å². The summed E-state index contributed by atoms with van der Waals surface area (Å²) in [5, 5.41) is 9.77. The molecule has 3 aliphatic rings. The lowest BCUT2D eigenvalue weighted by Crippen LogP contribution is -2.59. The molecule has 23 heavy (non-hydrogen) atoms. The highest BCUT2D eigenvalue weighted by molar-refractivity contribution is 5.45. The molecule has 1 unspecified atom stereocenters. The third-order valence-corrected chi connectivity index (χ3v) is 6.79. The van der Waals surface area contributed by atoms with Crippen LogP contribution in [0.15, 0.2) is 18.2 Å². The van der Waals surface area contributed by atoms with Crippen molar-refractivity contribution in [1.82, 2.24) is 4.90 Å². The number of likely N-dealkylation sites (tertiary alicyclic amines) is 1. The van der Waals surface area contributed by atoms with Crippen LogP contribution in [-0.2, 0) is 11.8 Å². The molecule has 1 heterocycles. The van der Waals surface area contributed by atoms with E-state index < -0.39 is 0 Å². The van der Waals surface area contributed by atoms with Gasteiger partial charge >= 0.3 is 0 Å². The fourth-order valence-electron chi connectivity index (χ4n) is 5.20. The normalized spacial score (nSPS) is 33.3. The maximum absolute atomic E-state index is 9.77. The van der Waals surface area contributed by atoms with E-state index >= 15 is 0 Å². The summed E-state index contributed by atoms with van der Waals surface area (Å²) in [6.07, 6.45) is 6.04. The number of piperidine rings is 1. The van der Waals surface area contributed by atoms with Crippen LogP contribution in [0.2, 0.25) is 0 Å². The van der Waals surface area contributed by atoms with Crippen molar-refractivity contribution in [2.75, 3.05) is 26.8 Å². The average Bonchev–Trinajstić information content (AvgIpc) is 3.37. The van der Waals surface area contributed by atoms with Crippen molar-refractivity contribution in [3.05, 3.63) is 29.3 Å². The van der Waals surface area contributed by atoms with Crippen molar-refractivity contribution < 1.29 is 9.84 Å². The minimum atomic E-state index is 0.127. The molecule has 3 heteroatoms. The van der Waals surface area contributed by atoms with Crippen LogP contribution in [0.25, 0.3) is 0 Å². The van der Waals surface area contributed by atoms with Gasteiger partial charge in [0.25, 0.3) is 0 Å². The third kappa shape index (κ3) is 2.49. The minimum absolute atomic E-state index is 0.127. The van der Waals surface area contributed by atoms with Crippen molar-refractivity contribution in [3.63, 3.8) is 0 Å². The Kier molecular flexibility index (Phi) is 3.89. The second-order valence-electron chi connectivity index (χ2n) is 7.90. The highest BCUT2D eigenvalue weighted by Crippen LogP contribution is 2.52. The molecule has 0 amide bonds. The number of benzene rings is 1. The molecule has 1 saturated carbocycles. The second-order valence-corrected chi connectivity index (χ2v) is 7.90. The number of aliphatic hydroxyl groups excluding tert-OH is 1. The summed E-state index contributed by atoms with van der Waals surface area (Å²) < 4.78 is 5.49. The van der Waals surface area contributed by atoms with Gasteiger partial charge in [0.2, 0.25) is 0 Å². The van der Waals surface area contributed by atoms with E-state index in [1.807, 2.05) is 0 Å². The Morgan fingerprint density at radius 2 is 2.17 bits per heavy atom. The van der Waals surface area contributed by atoms with Crippen LogP contribution in [0.1, 0.15) is 43.7 Å². The number of fused-ring (bicyclic) bond motifs is 4. The average molecular weight is 315 g/mol. The third-order valence-electron chi connectivity index (χ3n) is 6.79. The van der Waals surface area contributed by atoms with Crippen molar-refractivity contribution in [2.24, 2.45) is 11.8 Å². The van der Waals surface area contributed by atoms with E-state index in [1.54, 1.807) is 7.11 Å². The molecule has 0 spiro atoms. The van der Waals surface area contributed by atoms with Gasteiger partial charge in [0.05, 0.1) is 7.11 Å². The van der Waals surface area contributed by atoms with E-state index in [2.05, 4.69) is 30.0 Å². The van der Waals surface area contributed by atoms with Gasteiger partial charge in [0.1, 0.15) is 5.75 Å². The molecule has 2 fully saturated rings. The van der Waals surface area contributed by atoms with Gasteiger partial charge in [0, 0.05) is 24.6 Å². The highest BCUT2D eigenvalue weighted by atomic mass is 16.5. The first-order valence-electron chi connectivity index (χ1n) is 9.20. The zero-order chi connectivity index (χ0) is 16.0. The standard InChI is InChI=1S/C20H29NO2/c1-14-19-11-16-5-6-17(23-2)12-18(16)20(14,8-10-22)7-9-21(19)13-15-3-4-15/h5-6,12,14-15,19,22H,3-4,7-11,13H2,1-2H3/t14-,19?,20+/m0/s1. The number of nitrogens with zero attached hydrogens (tertiary/aromatic N) is 1. The molecular formula is C20H29NO2. The van der Waals surface area contributed by atoms with E-state index in [9.17, 15) is 5.11 Å². The molecule has 3 nitrogen and oxygen atoms in total. The summed E-state index contributed by atoms with van der Waals surface area (Å²) in [6.45, 7) is 5.16. The highest BCUT2D eigenvalue weighted by Gasteiger charge is 2.51. The van der Waals surface area contributed by atoms with Crippen molar-refractivity contribution in [1.29, 1.82) is 0 Å². The fraction of sp³-hybridized carbons (Fsp3) is 0.700. The number of hydrogen-bond acceptors (Lipinski definition) is 3. The largest absolute Gasteiger partial charge is 0.497 e. The Labute approximate surface area is 139 Å². The number of methoxy groups -OCH3 is 1. The number of hydrogen-bond donors (Lipinski definition) is 1. The van der Waals surface area contributed by atoms with Gasteiger partial charge in [-0.05, 0) is 73.7 Å². The van der Waals surface area contributed by atoms with Gasteiger partial charge in [-0.3, -0.25) is 4.90 Å². The Balaban J connectivity index is 1.73. The van der Waals surface area contributed by atoms with Crippen molar-refractivity contribution in [3.8, 4) is 5.75 Å². The topological polar surface area (TPSA) is 32.7 Å². The van der Waals surface area contributed by atoms with Gasteiger partial charge < -0.3 is 9.84 Å². The first-order chi connectivity index (χ1) is 11.2. The first kappa shape index (κ1) is 15.5. The maximum atomic E-state index is 9.77. The van der Waals surface area contributed by atoms with Gasteiger partial charge in [-0.2, -0.15) is 0 Å². The molecule has 126 valence electrons. The van der Waals surface area contributed by atoms with E-state index in [1.165, 1.54) is 37.1 Å². The quantitative estimate of drug-likeness (QED) is 0.907. The molecule has 1 saturated heterocycles. The second kappa shape index (κ2) is 5.78. The summed E-state index contributed by atoms with van der Waals surface area (Å²) in [7, 11) is 1.74. The van der Waals surface area contributed by atoms with Crippen molar-refractivity contribution in [2.45, 2.75) is 50.5 Å². The summed E-state index contributed by atoms with van der Waals surface area (Å²) in [4.78, 5) is 2.76. The molecule has 4 rings (SSSR count). The van der Waals surface area contributed by atoms with Gasteiger partial charge in [0.15, 0.2) is 0 Å². The Morgan fingerprint density at radius 1 is 1.35 bits per heavy atom. The maximum Gasteiger partial charge on any atom is 0.119 e. The van der Waals surface area contributed by atoms with Crippen LogP contribution < -0.4 is 4.74 Å². The Morgan fingerprint density at radius 3 is 2.87 bits per heavy atom. The Hall–Kier alpha value is -1.06. The zero-order valence-corrected chi connectivity index (χ0v) is 14.4. The smallest absolute Gasteiger partial charge is 0.119 e. The molecule has 3 atom stereocenters. The first-order valence-corrected chi connectivity index (χ1v) is 9.20. The van der Waals surface area contributed by atoms with E-state index in [4.69, 9.17) is 4.74 Å². The van der Waals surface area contributed by atoms with Crippen molar-refractivity contribution >= 4 is 0 Å². The summed E-state index contributed by atoms with van der Waals surface area (Å²) >= 11 is 0. The van der Waals surface area contributed by atoms with Gasteiger partial charge in [-0.15, -0.1) is 0 Å². The molecule has 2 aliphatic carbocycles. The molecule has 0 radical (unpaired) electrons. The number of ether oxygens (including phenoxy) is 1. The van der Waals surface area contributed by atoms with Gasteiger partial charge in [-0.25, -0.2) is 0 Å². The van der Waals surface area contributed by atoms with E-state index in [-0.39, 0.29) is 12.0 Å². The van der Waals surface area contributed by atoms with Crippen LogP contribution in [-0.4, -0.2) is 42.9 Å². The lowest BCUT2D eigenvalue weighted by molar-refractivity contribution is 0.00834. The van der Waals surface area contributed by atoms with Crippen LogP contribution in [0, 0.1) is 11.8 Å². The molecule has 1 aliphatic heterocycles. The minimum Gasteiger partial charge on any atom is -0.497 e. The predicted octanol–water partition coefficient (Wildman–Crippen LogP) is 2.99. The van der Waals surface area contributed by atoms with Crippen LogP contribution in [0.5, 0.6) is 5.75 Å². The summed E-state index contributed by atoms with van der Waals surface area (Å²) in [6, 6.07) is 7.24. The predicted molar refractivity (Wildman–Crippen MR) is 91.9 cm³/mol. The lowest BCUT2D eigenvalue weighted by atomic mass is 9.56. The van der Waals surface area contributed by atoms with E-state index in [0.717, 1.165) is 30.9 Å². The zero-order valence-electron chi connectivity index (χ0n) is 14.4. The molecule has 0 aromatic heterocycles. The number of rotatable bonds is 5. The van der Waals surface area contributed by atoms with Gasteiger partial charge in [-0.1, -0.05) is 13.0 Å². The Bertz CT molecular complexity index is 583. The monoisotopic (exact) mass is 315 g/mol. The molecule has 1 N–H and O–H groups in total. The molecular weight excluding hydrogens is 286 g/mol. The lowest BCUT2D eigenvalue weighted by Gasteiger charge is -2.56. The fourth-order valence-corrected chi connectivity index (χ4v) is 5.20. The molecule has 1 aromatic rings. The molecule has 1 aromatic carbocycles. The molecule has 2 bridgehead atoms. The van der Waals surface area contributed by atoms with Crippen LogP contribution in [0.4, 0.5) is 0 Å². The number of aliphatic hydroxyl groups is 1. The SMILES string of the molecule is COc1ccc2c(c1)[C@@]1(CCO)CCN(CC3CC3)C(C2)[C@@H]1C.